The molecule has 0 unspecified atom stereocenters. The fraction of sp³-hybridized carbons (Fsp3) is 0.167. The van der Waals surface area contributed by atoms with Crippen LogP contribution in [0.4, 0.5) is 14.5 Å². The van der Waals surface area contributed by atoms with Gasteiger partial charge in [-0.05, 0) is 19.1 Å². The number of aryl methyl sites for hydroxylation is 1. The van der Waals surface area contributed by atoms with Gasteiger partial charge in [-0.2, -0.15) is 0 Å². The van der Waals surface area contributed by atoms with Gasteiger partial charge in [-0.1, -0.05) is 0 Å². The highest BCUT2D eigenvalue weighted by Crippen LogP contribution is 2.22. The summed E-state index contributed by atoms with van der Waals surface area (Å²) in [4.78, 5) is 15.7. The molecule has 0 aliphatic rings. The van der Waals surface area contributed by atoms with Crippen molar-refractivity contribution in [3.05, 3.63) is 45.4 Å². The Bertz CT molecular complexity index is 605. The van der Waals surface area contributed by atoms with Gasteiger partial charge in [-0.15, -0.1) is 11.3 Å². The number of anilines is 1. The fourth-order valence-corrected chi connectivity index (χ4v) is 2.24. The smallest absolute Gasteiger partial charge is 0.335 e. The first kappa shape index (κ1) is 13.4. The van der Waals surface area contributed by atoms with E-state index in [9.17, 15) is 13.6 Å². The third-order valence-electron chi connectivity index (χ3n) is 2.37. The van der Waals surface area contributed by atoms with Gasteiger partial charge in [0.1, 0.15) is 22.3 Å². The summed E-state index contributed by atoms with van der Waals surface area (Å²) in [6, 6.07) is 1.56. The average molecular weight is 284 g/mol. The molecule has 0 radical (unpaired) electrons. The number of hydrogen-bond donors (Lipinski definition) is 2. The Kier molecular flexibility index (Phi) is 3.75. The molecule has 2 N–H and O–H groups in total. The zero-order chi connectivity index (χ0) is 14.0. The lowest BCUT2D eigenvalue weighted by Gasteiger charge is -2.08. The monoisotopic (exact) mass is 284 g/mol. The Hall–Kier alpha value is -2.02. The molecule has 4 nitrogen and oxygen atoms in total. The molecular weight excluding hydrogens is 274 g/mol. The number of nitrogens with zero attached hydrogens (tertiary/aromatic N) is 1. The van der Waals surface area contributed by atoms with Crippen LogP contribution in [0.5, 0.6) is 0 Å². The number of thiazole rings is 1. The fourth-order valence-electron chi connectivity index (χ4n) is 1.51. The van der Waals surface area contributed by atoms with Crippen LogP contribution in [-0.4, -0.2) is 16.1 Å². The normalized spacial score (nSPS) is 10.5. The van der Waals surface area contributed by atoms with Crippen molar-refractivity contribution >= 4 is 23.0 Å². The van der Waals surface area contributed by atoms with E-state index in [0.29, 0.717) is 5.01 Å². The van der Waals surface area contributed by atoms with Gasteiger partial charge < -0.3 is 10.4 Å². The zero-order valence-electron chi connectivity index (χ0n) is 9.91. The van der Waals surface area contributed by atoms with E-state index in [2.05, 4.69) is 10.3 Å². The van der Waals surface area contributed by atoms with Crippen LogP contribution in [0.3, 0.4) is 0 Å². The van der Waals surface area contributed by atoms with Gasteiger partial charge in [-0.3, -0.25) is 0 Å². The van der Waals surface area contributed by atoms with Gasteiger partial charge in [0.05, 0.1) is 12.1 Å². The van der Waals surface area contributed by atoms with Crippen LogP contribution < -0.4 is 5.32 Å². The van der Waals surface area contributed by atoms with Gasteiger partial charge in [-0.25, -0.2) is 18.6 Å². The molecule has 2 aromatic rings. The maximum absolute atomic E-state index is 13.6. The molecule has 1 aromatic carbocycles. The second kappa shape index (κ2) is 5.31. The topological polar surface area (TPSA) is 62.2 Å². The molecule has 0 spiro atoms. The maximum atomic E-state index is 13.6. The quantitative estimate of drug-likeness (QED) is 0.906. The molecule has 1 aromatic heterocycles. The van der Waals surface area contributed by atoms with Gasteiger partial charge >= 0.3 is 5.97 Å². The lowest BCUT2D eigenvalue weighted by atomic mass is 10.2. The summed E-state index contributed by atoms with van der Waals surface area (Å²) in [5.74, 6) is -3.25. The number of aromatic carboxylic acids is 1. The molecule has 19 heavy (non-hydrogen) atoms. The van der Waals surface area contributed by atoms with Crippen LogP contribution in [0.2, 0.25) is 0 Å². The number of benzene rings is 1. The molecule has 0 aliphatic heterocycles. The van der Waals surface area contributed by atoms with Crippen LogP contribution in [0, 0.1) is 18.6 Å². The third-order valence-corrected chi connectivity index (χ3v) is 3.29. The largest absolute Gasteiger partial charge is 0.478 e. The van der Waals surface area contributed by atoms with E-state index in [-0.39, 0.29) is 12.2 Å². The summed E-state index contributed by atoms with van der Waals surface area (Å²) in [7, 11) is 0. The Morgan fingerprint density at radius 1 is 1.42 bits per heavy atom. The maximum Gasteiger partial charge on any atom is 0.335 e. The molecule has 7 heteroatoms. The van der Waals surface area contributed by atoms with Crippen molar-refractivity contribution in [2.24, 2.45) is 0 Å². The summed E-state index contributed by atoms with van der Waals surface area (Å²) in [6.45, 7) is 2.06. The molecule has 0 saturated heterocycles. The molecule has 0 fully saturated rings. The molecular formula is C12H10F2N2O2S. The highest BCUT2D eigenvalue weighted by atomic mass is 32.1. The minimum Gasteiger partial charge on any atom is -0.478 e. The van der Waals surface area contributed by atoms with Gasteiger partial charge in [0.2, 0.25) is 0 Å². The van der Waals surface area contributed by atoms with E-state index in [0.717, 1.165) is 17.0 Å². The number of halogens is 2. The number of aromatic nitrogens is 1. The summed E-state index contributed by atoms with van der Waals surface area (Å²) in [5.41, 5.74) is -0.775. The number of carbonyl (C=O) groups is 1. The standard InChI is InChI=1S/C12H10F2N2O2S/c1-6-4-15-10(19-6)5-16-11-8(13)2-7(12(17)18)3-9(11)14/h2-4,16H,5H2,1H3,(H,17,18). The van der Waals surface area contributed by atoms with Gasteiger partial charge in [0, 0.05) is 11.1 Å². The molecule has 0 amide bonds. The second-order valence-electron chi connectivity index (χ2n) is 3.84. The summed E-state index contributed by atoms with van der Waals surface area (Å²) >= 11 is 1.41. The molecule has 0 bridgehead atoms. The number of carboxylic acid groups (broad SMARTS) is 1. The second-order valence-corrected chi connectivity index (χ2v) is 5.16. The number of nitrogens with one attached hydrogen (secondary N) is 1. The van der Waals surface area contributed by atoms with E-state index in [1.165, 1.54) is 11.3 Å². The molecule has 100 valence electrons. The Labute approximate surface area is 111 Å². The average Bonchev–Trinajstić information content (AvgIpc) is 2.73. The van der Waals surface area contributed by atoms with Crippen molar-refractivity contribution in [1.29, 1.82) is 0 Å². The third kappa shape index (κ3) is 3.05. The van der Waals surface area contributed by atoms with E-state index in [1.807, 2.05) is 6.92 Å². The predicted molar refractivity (Wildman–Crippen MR) is 67.5 cm³/mol. The lowest BCUT2D eigenvalue weighted by Crippen LogP contribution is -2.06. The Morgan fingerprint density at radius 2 is 2.05 bits per heavy atom. The molecule has 2 rings (SSSR count). The lowest BCUT2D eigenvalue weighted by molar-refractivity contribution is 0.0696. The molecule has 1 heterocycles. The van der Waals surface area contributed by atoms with Crippen molar-refractivity contribution in [2.45, 2.75) is 13.5 Å². The first-order valence-electron chi connectivity index (χ1n) is 5.35. The van der Waals surface area contributed by atoms with Crippen LogP contribution >= 0.6 is 11.3 Å². The van der Waals surface area contributed by atoms with E-state index < -0.39 is 23.2 Å². The molecule has 0 saturated carbocycles. The Morgan fingerprint density at radius 3 is 2.53 bits per heavy atom. The van der Waals surface area contributed by atoms with Gasteiger partial charge in [0.15, 0.2) is 0 Å². The summed E-state index contributed by atoms with van der Waals surface area (Å²) in [6.07, 6.45) is 1.67. The molecule has 0 aliphatic carbocycles. The van der Waals surface area contributed by atoms with Crippen LogP contribution in [0.1, 0.15) is 20.2 Å². The first-order valence-corrected chi connectivity index (χ1v) is 6.16. The van der Waals surface area contributed by atoms with Crippen molar-refractivity contribution < 1.29 is 18.7 Å². The van der Waals surface area contributed by atoms with Crippen molar-refractivity contribution in [3.8, 4) is 0 Å². The van der Waals surface area contributed by atoms with Crippen LogP contribution in [0.25, 0.3) is 0 Å². The minimum absolute atomic E-state index is 0.179. The van der Waals surface area contributed by atoms with Crippen molar-refractivity contribution in [1.82, 2.24) is 4.98 Å². The summed E-state index contributed by atoms with van der Waals surface area (Å²) < 4.78 is 27.2. The highest BCUT2D eigenvalue weighted by molar-refractivity contribution is 7.11. The zero-order valence-corrected chi connectivity index (χ0v) is 10.7. The Balaban J connectivity index is 2.18. The van der Waals surface area contributed by atoms with Crippen LogP contribution in [-0.2, 0) is 6.54 Å². The number of carboxylic acids is 1. The predicted octanol–water partition coefficient (Wildman–Crippen LogP) is 3.04. The number of hydrogen-bond acceptors (Lipinski definition) is 4. The summed E-state index contributed by atoms with van der Waals surface area (Å²) in [5, 5.41) is 11.9. The first-order chi connectivity index (χ1) is 8.97. The SMILES string of the molecule is Cc1cnc(CNc2c(F)cc(C(=O)O)cc2F)s1. The van der Waals surface area contributed by atoms with Crippen LogP contribution in [0.15, 0.2) is 18.3 Å². The van der Waals surface area contributed by atoms with Crippen molar-refractivity contribution in [3.63, 3.8) is 0 Å². The van der Waals surface area contributed by atoms with Crippen molar-refractivity contribution in [2.75, 3.05) is 5.32 Å². The van der Waals surface area contributed by atoms with E-state index in [4.69, 9.17) is 5.11 Å². The number of rotatable bonds is 4. The minimum atomic E-state index is -1.38. The molecule has 0 atom stereocenters. The van der Waals surface area contributed by atoms with Gasteiger partial charge in [0.25, 0.3) is 0 Å². The van der Waals surface area contributed by atoms with E-state index in [1.54, 1.807) is 6.20 Å². The van der Waals surface area contributed by atoms with E-state index >= 15 is 0 Å². The highest BCUT2D eigenvalue weighted by Gasteiger charge is 2.14.